The van der Waals surface area contributed by atoms with E-state index in [4.69, 9.17) is 9.84 Å². The van der Waals surface area contributed by atoms with E-state index in [0.29, 0.717) is 0 Å². The molecule has 0 heterocycles. The van der Waals surface area contributed by atoms with Gasteiger partial charge in [-0.3, -0.25) is 4.79 Å². The Balaban J connectivity index is 1.64. The fraction of sp³-hybridized carbons (Fsp3) is 0.318. The van der Waals surface area contributed by atoms with Crippen molar-refractivity contribution in [3.05, 3.63) is 59.7 Å². The summed E-state index contributed by atoms with van der Waals surface area (Å²) in [4.78, 5) is 34.7. The third-order valence-electron chi connectivity index (χ3n) is 5.16. The molecule has 0 saturated heterocycles. The van der Waals surface area contributed by atoms with Crippen LogP contribution in [0.5, 0.6) is 0 Å². The van der Waals surface area contributed by atoms with Crippen molar-refractivity contribution in [3.63, 3.8) is 0 Å². The molecule has 3 N–H and O–H groups in total. The lowest BCUT2D eigenvalue weighted by molar-refractivity contribution is -0.164. The number of alkyl halides is 4. The number of carbonyl (C=O) groups excluding carboxylic acids is 2. The number of benzene rings is 2. The van der Waals surface area contributed by atoms with Crippen LogP contribution in [0.15, 0.2) is 48.5 Å². The van der Waals surface area contributed by atoms with Gasteiger partial charge >= 0.3 is 18.0 Å². The summed E-state index contributed by atoms with van der Waals surface area (Å²) in [5, 5.41) is 11.9. The van der Waals surface area contributed by atoms with Crippen LogP contribution in [0, 0.1) is 0 Å². The van der Waals surface area contributed by atoms with Gasteiger partial charge in [0.15, 0.2) is 0 Å². The van der Waals surface area contributed by atoms with Gasteiger partial charge in [-0.15, -0.1) is 0 Å². The highest BCUT2D eigenvalue weighted by molar-refractivity contribution is 5.86. The normalized spacial score (nSPS) is 13.7. The zero-order chi connectivity index (χ0) is 24.2. The summed E-state index contributed by atoms with van der Waals surface area (Å²) in [7, 11) is 0. The smallest absolute Gasteiger partial charge is 0.407 e. The second-order valence-corrected chi connectivity index (χ2v) is 7.38. The maximum absolute atomic E-state index is 13.2. The minimum Gasteiger partial charge on any atom is -0.477 e. The molecular formula is C22H20F4N2O5. The molecule has 2 aromatic rings. The zero-order valence-corrected chi connectivity index (χ0v) is 17.1. The quantitative estimate of drug-likeness (QED) is 0.490. The number of hydrogen-bond donors (Lipinski definition) is 3. The Kier molecular flexibility index (Phi) is 7.19. The van der Waals surface area contributed by atoms with E-state index in [-0.39, 0.29) is 12.5 Å². The Labute approximate surface area is 185 Å². The van der Waals surface area contributed by atoms with Crippen molar-refractivity contribution in [1.82, 2.24) is 10.6 Å². The summed E-state index contributed by atoms with van der Waals surface area (Å²) in [5.74, 6) is -8.49. The molecule has 0 spiro atoms. The second kappa shape index (κ2) is 9.88. The molecule has 0 fully saturated rings. The first-order valence-corrected chi connectivity index (χ1v) is 9.88. The van der Waals surface area contributed by atoms with Gasteiger partial charge in [-0.2, -0.15) is 8.78 Å². The summed E-state index contributed by atoms with van der Waals surface area (Å²) in [6, 6.07) is 13.1. The summed E-state index contributed by atoms with van der Waals surface area (Å²) < 4.78 is 57.2. The lowest BCUT2D eigenvalue weighted by Gasteiger charge is -2.20. The molecule has 0 saturated carbocycles. The van der Waals surface area contributed by atoms with Crippen molar-refractivity contribution < 1.29 is 41.8 Å². The predicted octanol–water partition coefficient (Wildman–Crippen LogP) is 3.39. The monoisotopic (exact) mass is 468 g/mol. The van der Waals surface area contributed by atoms with Gasteiger partial charge in [0.2, 0.25) is 12.3 Å². The average Bonchev–Trinajstić information content (AvgIpc) is 3.09. The molecule has 0 aliphatic heterocycles. The van der Waals surface area contributed by atoms with E-state index in [1.165, 1.54) is 0 Å². The molecule has 11 heteroatoms. The van der Waals surface area contributed by atoms with Crippen molar-refractivity contribution in [2.45, 2.75) is 30.7 Å². The highest BCUT2D eigenvalue weighted by atomic mass is 19.3. The number of nitrogens with one attached hydrogen (secondary N) is 2. The highest BCUT2D eigenvalue weighted by Gasteiger charge is 2.40. The first kappa shape index (κ1) is 24.0. The molecule has 3 rings (SSSR count). The summed E-state index contributed by atoms with van der Waals surface area (Å²) in [6.07, 6.45) is -5.41. The number of ether oxygens (including phenoxy) is 1. The van der Waals surface area contributed by atoms with Gasteiger partial charge in [0.1, 0.15) is 12.6 Å². The Bertz CT molecular complexity index is 1000. The molecule has 0 radical (unpaired) electrons. The van der Waals surface area contributed by atoms with E-state index in [0.717, 1.165) is 22.3 Å². The van der Waals surface area contributed by atoms with Gasteiger partial charge in [0, 0.05) is 12.3 Å². The van der Waals surface area contributed by atoms with Gasteiger partial charge < -0.3 is 20.5 Å². The molecule has 1 atom stereocenters. The van der Waals surface area contributed by atoms with Crippen molar-refractivity contribution >= 4 is 18.0 Å². The van der Waals surface area contributed by atoms with Crippen molar-refractivity contribution in [2.24, 2.45) is 0 Å². The molecule has 2 aromatic carbocycles. The van der Waals surface area contributed by atoms with E-state index in [2.05, 4.69) is 0 Å². The lowest BCUT2D eigenvalue weighted by atomic mass is 9.98. The van der Waals surface area contributed by atoms with Crippen LogP contribution in [0.25, 0.3) is 11.1 Å². The third-order valence-corrected chi connectivity index (χ3v) is 5.16. The van der Waals surface area contributed by atoms with Gasteiger partial charge in [-0.05, 0) is 22.3 Å². The highest BCUT2D eigenvalue weighted by Crippen LogP contribution is 2.44. The first-order chi connectivity index (χ1) is 15.6. The van der Waals surface area contributed by atoms with Crippen molar-refractivity contribution in [1.29, 1.82) is 0 Å². The van der Waals surface area contributed by atoms with Crippen molar-refractivity contribution in [3.8, 4) is 11.1 Å². The van der Waals surface area contributed by atoms with E-state index in [9.17, 15) is 31.9 Å². The number of hydrogen-bond acceptors (Lipinski definition) is 4. The van der Waals surface area contributed by atoms with Gasteiger partial charge in [-0.1, -0.05) is 48.5 Å². The maximum atomic E-state index is 13.2. The molecule has 0 aromatic heterocycles. The minimum absolute atomic E-state index is 0.153. The van der Waals surface area contributed by atoms with Crippen LogP contribution in [0.3, 0.4) is 0 Å². The predicted molar refractivity (Wildman–Crippen MR) is 108 cm³/mol. The van der Waals surface area contributed by atoms with Crippen LogP contribution in [0.2, 0.25) is 0 Å². The number of aliphatic carboxylic acids is 1. The number of alkyl carbamates (subject to hydrolysis) is 1. The molecule has 7 nitrogen and oxygen atoms in total. The van der Waals surface area contributed by atoms with Crippen LogP contribution in [0.1, 0.15) is 23.5 Å². The van der Waals surface area contributed by atoms with Gasteiger partial charge in [0.05, 0.1) is 6.54 Å². The van der Waals surface area contributed by atoms with Crippen LogP contribution in [0.4, 0.5) is 22.4 Å². The first-order valence-electron chi connectivity index (χ1n) is 9.88. The Hall–Kier alpha value is -3.63. The van der Waals surface area contributed by atoms with Gasteiger partial charge in [-0.25, -0.2) is 18.4 Å². The average molecular weight is 468 g/mol. The molecule has 2 amide bonds. The molecule has 0 bridgehead atoms. The SMILES string of the molecule is O=C(NC(CC(F)F)C(=O)NCC(F)(F)C(=O)O)OCC1c2ccccc2-c2ccccc21. The van der Waals surface area contributed by atoms with Crippen LogP contribution in [-0.4, -0.2) is 54.6 Å². The number of carboxylic acid groups (broad SMARTS) is 1. The second-order valence-electron chi connectivity index (χ2n) is 7.38. The van der Waals surface area contributed by atoms with E-state index in [1.807, 2.05) is 53.8 Å². The zero-order valence-electron chi connectivity index (χ0n) is 17.1. The Morgan fingerprint density at radius 3 is 2.06 bits per heavy atom. The van der Waals surface area contributed by atoms with Crippen LogP contribution >= 0.6 is 0 Å². The summed E-state index contributed by atoms with van der Waals surface area (Å²) in [6.45, 7) is -1.77. The molecule has 1 aliphatic rings. The van der Waals surface area contributed by atoms with E-state index >= 15 is 0 Å². The van der Waals surface area contributed by atoms with Gasteiger partial charge in [0.25, 0.3) is 0 Å². The van der Waals surface area contributed by atoms with Crippen molar-refractivity contribution in [2.75, 3.05) is 13.2 Å². The molecule has 1 unspecified atom stereocenters. The summed E-state index contributed by atoms with van der Waals surface area (Å²) >= 11 is 0. The number of fused-ring (bicyclic) bond motifs is 3. The van der Waals surface area contributed by atoms with E-state index in [1.54, 1.807) is 5.32 Å². The maximum Gasteiger partial charge on any atom is 0.407 e. The van der Waals surface area contributed by atoms with Crippen LogP contribution < -0.4 is 10.6 Å². The topological polar surface area (TPSA) is 105 Å². The largest absolute Gasteiger partial charge is 0.477 e. The Morgan fingerprint density at radius 2 is 1.55 bits per heavy atom. The number of amides is 2. The fourth-order valence-electron chi connectivity index (χ4n) is 3.59. The number of carbonyl (C=O) groups is 3. The minimum atomic E-state index is -4.30. The molecule has 1 aliphatic carbocycles. The fourth-order valence-corrected chi connectivity index (χ4v) is 3.59. The van der Waals surface area contributed by atoms with E-state index < -0.39 is 49.3 Å². The molecule has 176 valence electrons. The Morgan fingerprint density at radius 1 is 1.00 bits per heavy atom. The van der Waals surface area contributed by atoms with Crippen LogP contribution in [-0.2, 0) is 14.3 Å². The number of carboxylic acids is 1. The lowest BCUT2D eigenvalue weighted by Crippen LogP contribution is -2.51. The number of halogens is 4. The third kappa shape index (κ3) is 5.60. The molecule has 33 heavy (non-hydrogen) atoms. The molecular weight excluding hydrogens is 448 g/mol. The standard InChI is InChI=1S/C22H20F4N2O5/c23-18(24)9-17(19(29)27-11-22(25,26)20(30)31)28-21(32)33-10-16-14-7-3-1-5-12(14)13-6-2-4-8-15(13)16/h1-8,16-18H,9-11H2,(H,27,29)(H,28,32)(H,30,31). The number of rotatable bonds is 9. The summed E-state index contributed by atoms with van der Waals surface area (Å²) in [5.41, 5.74) is 3.75.